The molecule has 0 N–H and O–H groups in total. The maximum absolute atomic E-state index is 6.39. The van der Waals surface area contributed by atoms with Crippen LogP contribution in [0, 0.1) is 0 Å². The predicted molar refractivity (Wildman–Crippen MR) is 120 cm³/mol. The second kappa shape index (κ2) is 7.53. The third-order valence-corrected chi connectivity index (χ3v) is 6.16. The van der Waals surface area contributed by atoms with Gasteiger partial charge >= 0.3 is 0 Å². The molecule has 27 heavy (non-hydrogen) atoms. The fourth-order valence-electron chi connectivity index (χ4n) is 3.70. The lowest BCUT2D eigenvalue weighted by Gasteiger charge is -2.17. The summed E-state index contributed by atoms with van der Waals surface area (Å²) in [4.78, 5) is 0. The summed E-state index contributed by atoms with van der Waals surface area (Å²) in [6, 6.07) is 19.9. The van der Waals surface area contributed by atoms with E-state index in [-0.39, 0.29) is 0 Å². The van der Waals surface area contributed by atoms with Crippen LogP contribution in [-0.2, 0) is 6.42 Å². The van der Waals surface area contributed by atoms with Gasteiger partial charge < -0.3 is 0 Å². The maximum atomic E-state index is 6.39. The Bertz CT molecular complexity index is 1160. The summed E-state index contributed by atoms with van der Waals surface area (Å²) >= 11 is 25.1. The van der Waals surface area contributed by atoms with E-state index >= 15 is 0 Å². The van der Waals surface area contributed by atoms with Crippen molar-refractivity contribution in [3.05, 3.63) is 91.9 Å². The summed E-state index contributed by atoms with van der Waals surface area (Å²) in [6.45, 7) is 2.23. The lowest BCUT2D eigenvalue weighted by molar-refractivity contribution is 0.770. The molecule has 0 saturated heterocycles. The minimum atomic E-state index is 0.297. The van der Waals surface area contributed by atoms with Crippen molar-refractivity contribution in [2.45, 2.75) is 19.3 Å². The third kappa shape index (κ3) is 3.65. The van der Waals surface area contributed by atoms with Gasteiger partial charge in [-0.2, -0.15) is 0 Å². The van der Waals surface area contributed by atoms with Gasteiger partial charge in [-0.3, -0.25) is 0 Å². The molecule has 4 aromatic rings. The van der Waals surface area contributed by atoms with Crippen LogP contribution >= 0.6 is 46.4 Å². The minimum absolute atomic E-state index is 0.297. The maximum Gasteiger partial charge on any atom is 0.0485 e. The zero-order chi connectivity index (χ0) is 19.1. The van der Waals surface area contributed by atoms with E-state index in [1.54, 1.807) is 0 Å². The van der Waals surface area contributed by atoms with E-state index in [0.29, 0.717) is 16.0 Å². The number of hydrogen-bond acceptors (Lipinski definition) is 0. The Kier molecular flexibility index (Phi) is 5.27. The summed E-state index contributed by atoms with van der Waals surface area (Å²) in [5.41, 5.74) is 2.50. The van der Waals surface area contributed by atoms with Gasteiger partial charge in [0.15, 0.2) is 0 Å². The van der Waals surface area contributed by atoms with Gasteiger partial charge in [0.1, 0.15) is 0 Å². The quantitative estimate of drug-likeness (QED) is 0.302. The standard InChI is InChI=1S/C23H16Cl4/c1-13(17-7-9-23(27)21-12-16(25)4-6-19(17)21)10-14-2-8-22(26)20-11-15(24)3-5-18(14)20/h2-9,11-13H,10H2,1H3. The van der Waals surface area contributed by atoms with Crippen molar-refractivity contribution in [3.63, 3.8) is 0 Å². The summed E-state index contributed by atoms with van der Waals surface area (Å²) in [6.07, 6.45) is 0.884. The molecule has 0 fully saturated rings. The van der Waals surface area contributed by atoms with Crippen LogP contribution in [0.15, 0.2) is 60.7 Å². The molecule has 0 nitrogen and oxygen atoms in total. The molecule has 0 bridgehead atoms. The Morgan fingerprint density at radius 2 is 1.19 bits per heavy atom. The Labute approximate surface area is 178 Å². The zero-order valence-corrected chi connectivity index (χ0v) is 17.6. The number of hydrogen-bond donors (Lipinski definition) is 0. The second-order valence-corrected chi connectivity index (χ2v) is 8.52. The van der Waals surface area contributed by atoms with Crippen molar-refractivity contribution >= 4 is 67.9 Å². The fraction of sp³-hybridized carbons (Fsp3) is 0.130. The molecule has 0 heterocycles. The smallest absolute Gasteiger partial charge is 0.0485 e. The third-order valence-electron chi connectivity index (χ3n) is 5.03. The fourth-order valence-corrected chi connectivity index (χ4v) is 4.49. The van der Waals surface area contributed by atoms with Gasteiger partial charge in [0.25, 0.3) is 0 Å². The molecular weight excluding hydrogens is 418 g/mol. The Hall–Kier alpha value is -1.44. The largest absolute Gasteiger partial charge is 0.0843 e. The van der Waals surface area contributed by atoms with Gasteiger partial charge in [-0.15, -0.1) is 0 Å². The first-order valence-electron chi connectivity index (χ1n) is 8.68. The molecule has 0 aromatic heterocycles. The molecule has 0 spiro atoms. The van der Waals surface area contributed by atoms with Crippen molar-refractivity contribution in [2.24, 2.45) is 0 Å². The molecule has 1 unspecified atom stereocenters. The Morgan fingerprint density at radius 1 is 0.630 bits per heavy atom. The average molecular weight is 434 g/mol. The topological polar surface area (TPSA) is 0 Å². The molecule has 0 aliphatic rings. The first-order chi connectivity index (χ1) is 12.9. The zero-order valence-electron chi connectivity index (χ0n) is 14.6. The highest BCUT2D eigenvalue weighted by molar-refractivity contribution is 6.37. The van der Waals surface area contributed by atoms with E-state index < -0.39 is 0 Å². The molecule has 0 aliphatic carbocycles. The number of rotatable bonds is 3. The van der Waals surface area contributed by atoms with Gasteiger partial charge in [-0.1, -0.05) is 77.6 Å². The van der Waals surface area contributed by atoms with E-state index in [9.17, 15) is 0 Å². The Balaban J connectivity index is 1.79. The van der Waals surface area contributed by atoms with Crippen molar-refractivity contribution < 1.29 is 0 Å². The van der Waals surface area contributed by atoms with Gasteiger partial charge in [0, 0.05) is 30.9 Å². The summed E-state index contributed by atoms with van der Waals surface area (Å²) in [5, 5.41) is 7.07. The minimum Gasteiger partial charge on any atom is -0.0843 e. The molecule has 4 aromatic carbocycles. The number of halogens is 4. The molecule has 0 aliphatic heterocycles. The first-order valence-corrected chi connectivity index (χ1v) is 10.2. The van der Waals surface area contributed by atoms with E-state index in [2.05, 4.69) is 25.1 Å². The van der Waals surface area contributed by atoms with Crippen molar-refractivity contribution in [2.75, 3.05) is 0 Å². The van der Waals surface area contributed by atoms with E-state index in [1.165, 1.54) is 11.1 Å². The highest BCUT2D eigenvalue weighted by atomic mass is 35.5. The van der Waals surface area contributed by atoms with Crippen LogP contribution in [0.3, 0.4) is 0 Å². The van der Waals surface area contributed by atoms with Crippen LogP contribution in [0.2, 0.25) is 20.1 Å². The lowest BCUT2D eigenvalue weighted by atomic mass is 9.88. The van der Waals surface area contributed by atoms with E-state index in [0.717, 1.165) is 38.0 Å². The van der Waals surface area contributed by atoms with Gasteiger partial charge in [0.05, 0.1) is 0 Å². The normalized spacial score (nSPS) is 12.6. The van der Waals surface area contributed by atoms with Crippen molar-refractivity contribution in [1.82, 2.24) is 0 Å². The molecule has 136 valence electrons. The van der Waals surface area contributed by atoms with E-state index in [4.69, 9.17) is 46.4 Å². The highest BCUT2D eigenvalue weighted by Crippen LogP contribution is 2.36. The molecule has 1 atom stereocenters. The summed E-state index contributed by atoms with van der Waals surface area (Å²) < 4.78 is 0. The van der Waals surface area contributed by atoms with Crippen LogP contribution in [-0.4, -0.2) is 0 Å². The van der Waals surface area contributed by atoms with Gasteiger partial charge in [0.2, 0.25) is 0 Å². The molecular formula is C23H16Cl4. The highest BCUT2D eigenvalue weighted by Gasteiger charge is 2.15. The van der Waals surface area contributed by atoms with Crippen LogP contribution in [0.4, 0.5) is 0 Å². The lowest BCUT2D eigenvalue weighted by Crippen LogP contribution is -2.00. The van der Waals surface area contributed by atoms with Crippen LogP contribution in [0.5, 0.6) is 0 Å². The molecule has 4 rings (SSSR count). The van der Waals surface area contributed by atoms with Crippen LogP contribution in [0.1, 0.15) is 24.0 Å². The Morgan fingerprint density at radius 3 is 1.85 bits per heavy atom. The van der Waals surface area contributed by atoms with Crippen LogP contribution in [0.25, 0.3) is 21.5 Å². The first kappa shape index (κ1) is 18.9. The summed E-state index contributed by atoms with van der Waals surface area (Å²) in [7, 11) is 0. The van der Waals surface area contributed by atoms with Gasteiger partial charge in [-0.25, -0.2) is 0 Å². The number of fused-ring (bicyclic) bond motifs is 2. The van der Waals surface area contributed by atoms with E-state index in [1.807, 2.05) is 42.5 Å². The second-order valence-electron chi connectivity index (χ2n) is 6.83. The molecule has 0 amide bonds. The average Bonchev–Trinajstić information content (AvgIpc) is 2.65. The molecule has 0 radical (unpaired) electrons. The monoisotopic (exact) mass is 432 g/mol. The summed E-state index contributed by atoms with van der Waals surface area (Å²) in [5.74, 6) is 0.297. The number of benzene rings is 4. The van der Waals surface area contributed by atoms with Crippen molar-refractivity contribution in [3.8, 4) is 0 Å². The van der Waals surface area contributed by atoms with Gasteiger partial charge in [-0.05, 0) is 70.6 Å². The predicted octanol–water partition coefficient (Wildman–Crippen LogP) is 8.95. The molecule has 0 saturated carbocycles. The molecule has 4 heteroatoms. The van der Waals surface area contributed by atoms with Crippen molar-refractivity contribution in [1.29, 1.82) is 0 Å². The SMILES string of the molecule is CC(Cc1ccc(Cl)c2cc(Cl)ccc12)c1ccc(Cl)c2cc(Cl)ccc12. The van der Waals surface area contributed by atoms with Crippen LogP contribution < -0.4 is 0 Å².